The zero-order valence-corrected chi connectivity index (χ0v) is 10.3. The summed E-state index contributed by atoms with van der Waals surface area (Å²) in [6.45, 7) is 4.32. The fourth-order valence-corrected chi connectivity index (χ4v) is 2.09. The third kappa shape index (κ3) is 4.94. The van der Waals surface area contributed by atoms with Crippen molar-refractivity contribution in [2.75, 3.05) is 13.1 Å². The number of aliphatic hydroxyl groups is 1. The maximum absolute atomic E-state index is 11.2. The van der Waals surface area contributed by atoms with E-state index in [1.165, 1.54) is 6.42 Å². The van der Waals surface area contributed by atoms with Gasteiger partial charge in [-0.3, -0.25) is 4.79 Å². The van der Waals surface area contributed by atoms with Crippen LogP contribution in [0, 0.1) is 0 Å². The molecule has 0 radical (unpaired) electrons. The minimum atomic E-state index is -0.615. The Bertz CT molecular complexity index is 222. The van der Waals surface area contributed by atoms with Crippen LogP contribution >= 0.6 is 0 Å². The SMILES string of the molecule is CC(C)OC(=O)CNCC1(O)CCCCC1. The van der Waals surface area contributed by atoms with E-state index in [2.05, 4.69) is 5.32 Å². The van der Waals surface area contributed by atoms with Crippen LogP contribution in [0.15, 0.2) is 0 Å². The van der Waals surface area contributed by atoms with Crippen LogP contribution in [0.25, 0.3) is 0 Å². The van der Waals surface area contributed by atoms with Crippen molar-refractivity contribution in [2.24, 2.45) is 0 Å². The molecule has 0 aromatic carbocycles. The van der Waals surface area contributed by atoms with Gasteiger partial charge in [0.2, 0.25) is 0 Å². The number of nitrogens with one attached hydrogen (secondary N) is 1. The molecule has 0 aromatic rings. The van der Waals surface area contributed by atoms with Gasteiger partial charge in [0, 0.05) is 6.54 Å². The second kappa shape index (κ2) is 6.21. The summed E-state index contributed by atoms with van der Waals surface area (Å²) in [5.41, 5.74) is -0.615. The Morgan fingerprint density at radius 3 is 2.56 bits per heavy atom. The molecule has 1 saturated carbocycles. The molecule has 0 heterocycles. The molecule has 4 nitrogen and oxygen atoms in total. The van der Waals surface area contributed by atoms with Gasteiger partial charge in [-0.2, -0.15) is 0 Å². The van der Waals surface area contributed by atoms with Crippen LogP contribution in [0.3, 0.4) is 0 Å². The van der Waals surface area contributed by atoms with E-state index < -0.39 is 5.60 Å². The predicted octanol–water partition coefficient (Wildman–Crippen LogP) is 1.22. The van der Waals surface area contributed by atoms with Gasteiger partial charge in [0.05, 0.1) is 18.2 Å². The Balaban J connectivity index is 2.16. The van der Waals surface area contributed by atoms with E-state index in [1.807, 2.05) is 13.8 Å². The molecule has 94 valence electrons. The summed E-state index contributed by atoms with van der Waals surface area (Å²) >= 11 is 0. The Morgan fingerprint density at radius 1 is 1.38 bits per heavy atom. The summed E-state index contributed by atoms with van der Waals surface area (Å²) in [6.07, 6.45) is 4.95. The van der Waals surface area contributed by atoms with Gasteiger partial charge >= 0.3 is 5.97 Å². The van der Waals surface area contributed by atoms with Gasteiger partial charge < -0.3 is 15.2 Å². The summed E-state index contributed by atoms with van der Waals surface area (Å²) in [6, 6.07) is 0. The molecule has 0 bridgehead atoms. The van der Waals surface area contributed by atoms with Crippen LogP contribution in [0.4, 0.5) is 0 Å². The fraction of sp³-hybridized carbons (Fsp3) is 0.917. The highest BCUT2D eigenvalue weighted by Gasteiger charge is 2.28. The lowest BCUT2D eigenvalue weighted by molar-refractivity contribution is -0.146. The van der Waals surface area contributed by atoms with E-state index in [4.69, 9.17) is 4.74 Å². The van der Waals surface area contributed by atoms with Crippen LogP contribution in [-0.2, 0) is 9.53 Å². The molecule has 4 heteroatoms. The normalized spacial score (nSPS) is 19.8. The maximum atomic E-state index is 11.2. The van der Waals surface area contributed by atoms with Crippen molar-refractivity contribution < 1.29 is 14.6 Å². The molecule has 1 aliphatic rings. The van der Waals surface area contributed by atoms with Crippen LogP contribution in [0.1, 0.15) is 46.0 Å². The summed E-state index contributed by atoms with van der Waals surface area (Å²) in [5, 5.41) is 13.1. The molecule has 1 aliphatic carbocycles. The van der Waals surface area contributed by atoms with E-state index in [1.54, 1.807) is 0 Å². The Morgan fingerprint density at radius 2 is 2.00 bits per heavy atom. The Hall–Kier alpha value is -0.610. The highest BCUT2D eigenvalue weighted by Crippen LogP contribution is 2.27. The number of hydrogen-bond donors (Lipinski definition) is 2. The number of carbonyl (C=O) groups excluding carboxylic acids is 1. The van der Waals surface area contributed by atoms with E-state index >= 15 is 0 Å². The summed E-state index contributed by atoms with van der Waals surface area (Å²) in [7, 11) is 0. The topological polar surface area (TPSA) is 58.6 Å². The minimum absolute atomic E-state index is 0.0768. The molecule has 0 atom stereocenters. The number of hydrogen-bond acceptors (Lipinski definition) is 4. The number of carbonyl (C=O) groups is 1. The Labute approximate surface area is 97.4 Å². The molecular formula is C12H23NO3. The third-order valence-electron chi connectivity index (χ3n) is 2.87. The number of esters is 1. The van der Waals surface area contributed by atoms with Crippen molar-refractivity contribution in [3.8, 4) is 0 Å². The molecule has 0 spiro atoms. The predicted molar refractivity (Wildman–Crippen MR) is 62.1 cm³/mol. The zero-order valence-electron chi connectivity index (χ0n) is 10.3. The molecule has 0 amide bonds. The molecular weight excluding hydrogens is 206 g/mol. The van der Waals surface area contributed by atoms with Gasteiger partial charge in [-0.05, 0) is 26.7 Å². The van der Waals surface area contributed by atoms with Gasteiger partial charge in [0.15, 0.2) is 0 Å². The average Bonchev–Trinajstić information content (AvgIpc) is 2.17. The second-order valence-electron chi connectivity index (χ2n) is 4.93. The van der Waals surface area contributed by atoms with Gasteiger partial charge in [0.25, 0.3) is 0 Å². The zero-order chi connectivity index (χ0) is 12.0. The van der Waals surface area contributed by atoms with Crippen LogP contribution in [0.5, 0.6) is 0 Å². The molecule has 2 N–H and O–H groups in total. The quantitative estimate of drug-likeness (QED) is 0.696. The third-order valence-corrected chi connectivity index (χ3v) is 2.87. The lowest BCUT2D eigenvalue weighted by atomic mass is 9.85. The van der Waals surface area contributed by atoms with E-state index in [0.717, 1.165) is 25.7 Å². The first-order valence-corrected chi connectivity index (χ1v) is 6.14. The average molecular weight is 229 g/mol. The maximum Gasteiger partial charge on any atom is 0.320 e. The first-order chi connectivity index (χ1) is 7.52. The van der Waals surface area contributed by atoms with Crippen molar-refractivity contribution in [3.05, 3.63) is 0 Å². The van der Waals surface area contributed by atoms with Gasteiger partial charge in [0.1, 0.15) is 0 Å². The van der Waals surface area contributed by atoms with Gasteiger partial charge in [-0.15, -0.1) is 0 Å². The van der Waals surface area contributed by atoms with E-state index in [9.17, 15) is 9.90 Å². The largest absolute Gasteiger partial charge is 0.462 e. The second-order valence-corrected chi connectivity index (χ2v) is 4.93. The highest BCUT2D eigenvalue weighted by molar-refractivity contribution is 5.71. The van der Waals surface area contributed by atoms with Gasteiger partial charge in [-0.1, -0.05) is 19.3 Å². The summed E-state index contributed by atoms with van der Waals surface area (Å²) in [4.78, 5) is 11.2. The van der Waals surface area contributed by atoms with E-state index in [0.29, 0.717) is 6.54 Å². The van der Waals surface area contributed by atoms with E-state index in [-0.39, 0.29) is 18.6 Å². The fourth-order valence-electron chi connectivity index (χ4n) is 2.09. The van der Waals surface area contributed by atoms with Gasteiger partial charge in [-0.25, -0.2) is 0 Å². The summed E-state index contributed by atoms with van der Waals surface area (Å²) < 4.78 is 4.99. The molecule has 1 rings (SSSR count). The first-order valence-electron chi connectivity index (χ1n) is 6.14. The monoisotopic (exact) mass is 229 g/mol. The summed E-state index contributed by atoms with van der Waals surface area (Å²) in [5.74, 6) is -0.255. The molecule has 0 saturated heterocycles. The first kappa shape index (κ1) is 13.5. The van der Waals surface area contributed by atoms with Crippen LogP contribution in [0.2, 0.25) is 0 Å². The molecule has 0 aliphatic heterocycles. The highest BCUT2D eigenvalue weighted by atomic mass is 16.5. The van der Waals surface area contributed by atoms with Crippen molar-refractivity contribution in [3.63, 3.8) is 0 Å². The molecule has 0 aromatic heterocycles. The minimum Gasteiger partial charge on any atom is -0.462 e. The van der Waals surface area contributed by atoms with Crippen LogP contribution < -0.4 is 5.32 Å². The molecule has 16 heavy (non-hydrogen) atoms. The van der Waals surface area contributed by atoms with Crippen LogP contribution in [-0.4, -0.2) is 35.9 Å². The molecule has 0 unspecified atom stereocenters. The smallest absolute Gasteiger partial charge is 0.320 e. The number of rotatable bonds is 5. The lowest BCUT2D eigenvalue weighted by Crippen LogP contribution is -2.43. The van der Waals surface area contributed by atoms with Crippen molar-refractivity contribution >= 4 is 5.97 Å². The standard InChI is InChI=1S/C12H23NO3/c1-10(2)16-11(14)8-13-9-12(15)6-4-3-5-7-12/h10,13,15H,3-9H2,1-2H3. The Kier molecular flexibility index (Phi) is 5.22. The molecule has 1 fully saturated rings. The van der Waals surface area contributed by atoms with Crippen molar-refractivity contribution in [1.82, 2.24) is 5.32 Å². The van der Waals surface area contributed by atoms with Crippen molar-refractivity contribution in [2.45, 2.75) is 57.7 Å². The number of ether oxygens (including phenoxy) is 1. The lowest BCUT2D eigenvalue weighted by Gasteiger charge is -2.32. The van der Waals surface area contributed by atoms with Crippen molar-refractivity contribution in [1.29, 1.82) is 0 Å².